The zero-order valence-electron chi connectivity index (χ0n) is 15.3. The Bertz CT molecular complexity index is 921. The van der Waals surface area contributed by atoms with Crippen LogP contribution in [0.3, 0.4) is 0 Å². The van der Waals surface area contributed by atoms with Crippen LogP contribution in [0.2, 0.25) is 0 Å². The van der Waals surface area contributed by atoms with E-state index in [0.29, 0.717) is 56.6 Å². The van der Waals surface area contributed by atoms with Gasteiger partial charge in [0.05, 0.1) is 6.20 Å². The molecule has 0 N–H and O–H groups in total. The molecule has 8 heteroatoms. The average molecular weight is 381 g/mol. The van der Waals surface area contributed by atoms with Gasteiger partial charge in [0.15, 0.2) is 11.7 Å². The van der Waals surface area contributed by atoms with Gasteiger partial charge in [-0.25, -0.2) is 19.3 Å². The van der Waals surface area contributed by atoms with E-state index in [0.717, 1.165) is 5.56 Å². The molecule has 1 aliphatic heterocycles. The first-order valence-corrected chi connectivity index (χ1v) is 9.19. The van der Waals surface area contributed by atoms with Gasteiger partial charge in [-0.3, -0.25) is 4.79 Å². The fourth-order valence-corrected chi connectivity index (χ4v) is 3.16. The Morgan fingerprint density at radius 1 is 1.04 bits per heavy atom. The molecule has 0 aliphatic carbocycles. The minimum Gasteiger partial charge on any atom is -0.441 e. The third kappa shape index (κ3) is 4.16. The molecule has 1 saturated heterocycles. The Morgan fingerprint density at radius 3 is 2.46 bits per heavy atom. The lowest BCUT2D eigenvalue weighted by atomic mass is 10.2. The third-order valence-electron chi connectivity index (χ3n) is 4.70. The van der Waals surface area contributed by atoms with Crippen LogP contribution >= 0.6 is 0 Å². The Balaban J connectivity index is 1.28. The fraction of sp³-hybridized carbons (Fsp3) is 0.300. The molecule has 0 spiro atoms. The molecule has 0 saturated carbocycles. The van der Waals surface area contributed by atoms with Crippen molar-refractivity contribution < 1.29 is 13.6 Å². The highest BCUT2D eigenvalue weighted by Crippen LogP contribution is 2.21. The van der Waals surface area contributed by atoms with E-state index in [9.17, 15) is 9.18 Å². The molecule has 1 amide bonds. The minimum absolute atomic E-state index is 0.0789. The van der Waals surface area contributed by atoms with Gasteiger partial charge in [-0.1, -0.05) is 0 Å². The van der Waals surface area contributed by atoms with E-state index in [4.69, 9.17) is 4.42 Å². The summed E-state index contributed by atoms with van der Waals surface area (Å²) < 4.78 is 18.7. The Kier molecular flexibility index (Phi) is 5.27. The highest BCUT2D eigenvalue weighted by atomic mass is 19.1. The van der Waals surface area contributed by atoms with Crippen molar-refractivity contribution in [3.05, 3.63) is 60.6 Å². The molecule has 1 fully saturated rings. The number of nitrogens with zero attached hydrogens (tertiary/aromatic N) is 5. The SMILES string of the molecule is O=C(CCc1ncc(-c2ccc(F)cc2)o1)N1CCN(c2ncccn2)CC1. The highest BCUT2D eigenvalue weighted by molar-refractivity contribution is 5.76. The second kappa shape index (κ2) is 8.16. The summed E-state index contributed by atoms with van der Waals surface area (Å²) in [6.07, 6.45) is 5.81. The summed E-state index contributed by atoms with van der Waals surface area (Å²) in [5.74, 6) is 1.55. The number of oxazole rings is 1. The molecule has 0 radical (unpaired) electrons. The number of hydrogen-bond acceptors (Lipinski definition) is 6. The molecule has 3 aromatic rings. The van der Waals surface area contributed by atoms with Crippen LogP contribution in [0.25, 0.3) is 11.3 Å². The lowest BCUT2D eigenvalue weighted by Gasteiger charge is -2.34. The quantitative estimate of drug-likeness (QED) is 0.676. The molecule has 1 aromatic carbocycles. The van der Waals surface area contributed by atoms with Crippen molar-refractivity contribution >= 4 is 11.9 Å². The second-order valence-corrected chi connectivity index (χ2v) is 6.54. The summed E-state index contributed by atoms with van der Waals surface area (Å²) in [5, 5.41) is 0. The van der Waals surface area contributed by atoms with Gasteiger partial charge in [0.25, 0.3) is 0 Å². The number of halogens is 1. The molecular weight excluding hydrogens is 361 g/mol. The summed E-state index contributed by atoms with van der Waals surface area (Å²) in [6.45, 7) is 2.71. The molecule has 0 bridgehead atoms. The van der Waals surface area contributed by atoms with Crippen LogP contribution in [0.15, 0.2) is 53.3 Å². The molecule has 144 valence electrons. The van der Waals surface area contributed by atoms with Crippen LogP contribution in [0.5, 0.6) is 0 Å². The van der Waals surface area contributed by atoms with Gasteiger partial charge < -0.3 is 14.2 Å². The molecule has 0 unspecified atom stereocenters. The zero-order chi connectivity index (χ0) is 19.3. The first kappa shape index (κ1) is 18.1. The lowest BCUT2D eigenvalue weighted by Crippen LogP contribution is -2.49. The van der Waals surface area contributed by atoms with Crippen LogP contribution in [-0.4, -0.2) is 51.9 Å². The van der Waals surface area contributed by atoms with Crippen molar-refractivity contribution in [2.24, 2.45) is 0 Å². The third-order valence-corrected chi connectivity index (χ3v) is 4.70. The summed E-state index contributed by atoms with van der Waals surface area (Å²) in [6, 6.07) is 7.82. The van der Waals surface area contributed by atoms with Gasteiger partial charge in [-0.2, -0.15) is 0 Å². The van der Waals surface area contributed by atoms with Gasteiger partial charge in [0.2, 0.25) is 11.9 Å². The van der Waals surface area contributed by atoms with E-state index in [1.54, 1.807) is 36.8 Å². The summed E-state index contributed by atoms with van der Waals surface area (Å²) in [4.78, 5) is 29.1. The number of aromatic nitrogens is 3. The first-order valence-electron chi connectivity index (χ1n) is 9.19. The van der Waals surface area contributed by atoms with Crippen molar-refractivity contribution in [1.82, 2.24) is 19.9 Å². The standard InChI is InChI=1S/C20H20FN5O2/c21-16-4-2-15(3-5-16)17-14-24-18(28-17)6-7-19(27)25-10-12-26(13-11-25)20-22-8-1-9-23-20/h1-5,8-9,14H,6-7,10-13H2. The molecule has 4 rings (SSSR count). The monoisotopic (exact) mass is 381 g/mol. The van der Waals surface area contributed by atoms with E-state index < -0.39 is 0 Å². The maximum atomic E-state index is 13.0. The molecule has 7 nitrogen and oxygen atoms in total. The second-order valence-electron chi connectivity index (χ2n) is 6.54. The number of rotatable bonds is 5. The van der Waals surface area contributed by atoms with E-state index in [1.807, 2.05) is 4.90 Å². The van der Waals surface area contributed by atoms with Gasteiger partial charge >= 0.3 is 0 Å². The molecule has 3 heterocycles. The number of carbonyl (C=O) groups is 1. The van der Waals surface area contributed by atoms with E-state index in [-0.39, 0.29) is 11.7 Å². The Hall–Kier alpha value is -3.29. The predicted octanol–water partition coefficient (Wildman–Crippen LogP) is 2.55. The molecule has 28 heavy (non-hydrogen) atoms. The summed E-state index contributed by atoms with van der Waals surface area (Å²) in [7, 11) is 0. The zero-order valence-corrected chi connectivity index (χ0v) is 15.3. The largest absolute Gasteiger partial charge is 0.441 e. The van der Waals surface area contributed by atoms with Crippen molar-refractivity contribution in [3.8, 4) is 11.3 Å². The molecular formula is C20H20FN5O2. The number of aryl methyl sites for hydroxylation is 1. The maximum absolute atomic E-state index is 13.0. The fourth-order valence-electron chi connectivity index (χ4n) is 3.16. The molecule has 1 aliphatic rings. The van der Waals surface area contributed by atoms with Crippen LogP contribution in [0, 0.1) is 5.82 Å². The van der Waals surface area contributed by atoms with Crippen LogP contribution in [0.4, 0.5) is 10.3 Å². The maximum Gasteiger partial charge on any atom is 0.225 e. The van der Waals surface area contributed by atoms with E-state index in [1.165, 1.54) is 12.1 Å². The topological polar surface area (TPSA) is 75.4 Å². The van der Waals surface area contributed by atoms with Crippen LogP contribution in [-0.2, 0) is 11.2 Å². The average Bonchev–Trinajstić information content (AvgIpc) is 3.22. The van der Waals surface area contributed by atoms with Gasteiger partial charge in [0.1, 0.15) is 5.82 Å². The Labute approximate surface area is 161 Å². The van der Waals surface area contributed by atoms with E-state index in [2.05, 4.69) is 19.9 Å². The number of anilines is 1. The molecule has 0 atom stereocenters. The van der Waals surface area contributed by atoms with Gasteiger partial charge in [0, 0.05) is 57.0 Å². The van der Waals surface area contributed by atoms with E-state index >= 15 is 0 Å². The number of benzene rings is 1. The Morgan fingerprint density at radius 2 is 1.75 bits per heavy atom. The highest BCUT2D eigenvalue weighted by Gasteiger charge is 2.22. The molecule has 2 aromatic heterocycles. The number of hydrogen-bond donors (Lipinski definition) is 0. The van der Waals surface area contributed by atoms with Crippen LogP contribution in [0.1, 0.15) is 12.3 Å². The number of piperazine rings is 1. The van der Waals surface area contributed by atoms with Gasteiger partial charge in [-0.15, -0.1) is 0 Å². The summed E-state index contributed by atoms with van der Waals surface area (Å²) in [5.41, 5.74) is 0.755. The van der Waals surface area contributed by atoms with Crippen molar-refractivity contribution in [3.63, 3.8) is 0 Å². The van der Waals surface area contributed by atoms with Gasteiger partial charge in [-0.05, 0) is 30.3 Å². The summed E-state index contributed by atoms with van der Waals surface area (Å²) >= 11 is 0. The first-order chi connectivity index (χ1) is 13.7. The smallest absolute Gasteiger partial charge is 0.225 e. The lowest BCUT2D eigenvalue weighted by molar-refractivity contribution is -0.131. The normalized spacial score (nSPS) is 14.3. The predicted molar refractivity (Wildman–Crippen MR) is 101 cm³/mol. The minimum atomic E-state index is -0.298. The van der Waals surface area contributed by atoms with Crippen molar-refractivity contribution in [1.29, 1.82) is 0 Å². The van der Waals surface area contributed by atoms with Crippen LogP contribution < -0.4 is 4.90 Å². The van der Waals surface area contributed by atoms with Crippen molar-refractivity contribution in [2.45, 2.75) is 12.8 Å². The van der Waals surface area contributed by atoms with Crippen molar-refractivity contribution in [2.75, 3.05) is 31.1 Å². The number of carbonyl (C=O) groups excluding carboxylic acids is 1. The number of amides is 1.